The molecule has 0 unspecified atom stereocenters. The van der Waals surface area contributed by atoms with Crippen molar-refractivity contribution in [1.29, 1.82) is 0 Å². The van der Waals surface area contributed by atoms with Gasteiger partial charge in [-0.3, -0.25) is 9.48 Å². The van der Waals surface area contributed by atoms with Crippen LogP contribution in [0.2, 0.25) is 0 Å². The number of hydrogen-bond donors (Lipinski definition) is 1. The molecule has 26 heavy (non-hydrogen) atoms. The molecule has 1 N–H and O–H groups in total. The molecular formula is C20H23N5O. The lowest BCUT2D eigenvalue weighted by Gasteiger charge is -2.14. The van der Waals surface area contributed by atoms with Crippen molar-refractivity contribution in [2.75, 3.05) is 6.54 Å². The fourth-order valence-electron chi connectivity index (χ4n) is 3.71. The number of fused-ring (bicyclic) bond motifs is 2. The first-order valence-corrected chi connectivity index (χ1v) is 9.08. The number of nitrogens with zero attached hydrogens (tertiary/aromatic N) is 4. The van der Waals surface area contributed by atoms with Crippen LogP contribution in [0, 0.1) is 0 Å². The Morgan fingerprint density at radius 2 is 2.08 bits per heavy atom. The van der Waals surface area contributed by atoms with Crippen molar-refractivity contribution < 1.29 is 0 Å². The Bertz CT molecular complexity index is 988. The summed E-state index contributed by atoms with van der Waals surface area (Å²) in [6, 6.07) is 6.50. The Hall–Kier alpha value is -2.73. The number of nitrogens with one attached hydrogen (secondary N) is 1. The highest BCUT2D eigenvalue weighted by atomic mass is 16.1. The van der Waals surface area contributed by atoms with Gasteiger partial charge in [0.15, 0.2) is 0 Å². The fourth-order valence-corrected chi connectivity index (χ4v) is 3.71. The van der Waals surface area contributed by atoms with Gasteiger partial charge < -0.3 is 9.88 Å². The molecule has 6 heteroatoms. The second-order valence-corrected chi connectivity index (χ2v) is 6.74. The molecule has 3 aromatic rings. The van der Waals surface area contributed by atoms with Crippen LogP contribution in [0.25, 0.3) is 10.9 Å². The van der Waals surface area contributed by atoms with Crippen molar-refractivity contribution in [1.82, 2.24) is 24.6 Å². The normalized spacial score (nSPS) is 13.2. The smallest absolute Gasteiger partial charge is 0.255 e. The molecule has 0 fully saturated rings. The van der Waals surface area contributed by atoms with Crippen molar-refractivity contribution in [3.8, 4) is 0 Å². The highest BCUT2D eigenvalue weighted by Crippen LogP contribution is 2.27. The van der Waals surface area contributed by atoms with Gasteiger partial charge in [-0.05, 0) is 54.0 Å². The Kier molecular flexibility index (Phi) is 4.67. The minimum atomic E-state index is 0.0589. The molecule has 0 aliphatic heterocycles. The summed E-state index contributed by atoms with van der Waals surface area (Å²) in [7, 11) is 0. The number of benzene rings is 1. The fraction of sp³-hybridized carbons (Fsp3) is 0.350. The number of pyridine rings is 1. The molecule has 134 valence electrons. The summed E-state index contributed by atoms with van der Waals surface area (Å²) in [6.07, 6.45) is 8.45. The molecule has 2 heterocycles. The van der Waals surface area contributed by atoms with Crippen LogP contribution in [0.3, 0.4) is 0 Å². The highest BCUT2D eigenvalue weighted by Gasteiger charge is 2.15. The molecule has 0 bridgehead atoms. The van der Waals surface area contributed by atoms with Crippen LogP contribution in [0.15, 0.2) is 48.3 Å². The average Bonchev–Trinajstić information content (AvgIpc) is 3.31. The lowest BCUT2D eigenvalue weighted by atomic mass is 10.0. The molecule has 0 spiro atoms. The van der Waals surface area contributed by atoms with E-state index in [1.807, 2.05) is 10.6 Å². The molecule has 0 saturated heterocycles. The summed E-state index contributed by atoms with van der Waals surface area (Å²) in [6.45, 7) is 6.34. The largest absolute Gasteiger partial charge is 0.311 e. The monoisotopic (exact) mass is 349 g/mol. The van der Waals surface area contributed by atoms with Crippen LogP contribution in [0.4, 0.5) is 0 Å². The lowest BCUT2D eigenvalue weighted by molar-refractivity contribution is 0.551. The zero-order chi connectivity index (χ0) is 17.9. The Balaban J connectivity index is 1.61. The maximum atomic E-state index is 12.9. The third-order valence-electron chi connectivity index (χ3n) is 4.99. The van der Waals surface area contributed by atoms with Gasteiger partial charge in [-0.25, -0.2) is 4.98 Å². The number of aryl methyl sites for hydroxylation is 2. The molecule has 0 amide bonds. The first-order chi connectivity index (χ1) is 12.8. The number of hydrogen-bond acceptors (Lipinski definition) is 4. The van der Waals surface area contributed by atoms with Gasteiger partial charge in [0.25, 0.3) is 5.56 Å². The van der Waals surface area contributed by atoms with Gasteiger partial charge in [0.1, 0.15) is 12.7 Å². The van der Waals surface area contributed by atoms with Crippen molar-refractivity contribution in [3.63, 3.8) is 0 Å². The standard InChI is InChI=1S/C20H23N5O/c1-2-7-25-19-11-16-5-3-4-15(16)9-17(19)10-18(20(25)26)12-21-6-8-24-14-22-13-23-24/h2,9-11,13-14,21H,1,3-8,12H2. The van der Waals surface area contributed by atoms with Crippen molar-refractivity contribution >= 4 is 10.9 Å². The van der Waals surface area contributed by atoms with Crippen molar-refractivity contribution in [3.05, 3.63) is 70.6 Å². The lowest BCUT2D eigenvalue weighted by Crippen LogP contribution is -2.28. The summed E-state index contributed by atoms with van der Waals surface area (Å²) < 4.78 is 3.61. The first-order valence-electron chi connectivity index (χ1n) is 9.08. The zero-order valence-electron chi connectivity index (χ0n) is 14.8. The minimum absolute atomic E-state index is 0.0589. The molecule has 1 aliphatic carbocycles. The number of aromatic nitrogens is 4. The topological polar surface area (TPSA) is 64.7 Å². The molecular weight excluding hydrogens is 326 g/mol. The SMILES string of the molecule is C=CCn1c(=O)c(CNCCn2cncn2)cc2cc3c(cc21)CCC3. The Labute approximate surface area is 152 Å². The van der Waals surface area contributed by atoms with E-state index in [1.165, 1.54) is 23.9 Å². The van der Waals surface area contributed by atoms with E-state index in [0.29, 0.717) is 13.1 Å². The van der Waals surface area contributed by atoms with Gasteiger partial charge in [-0.1, -0.05) is 6.08 Å². The maximum Gasteiger partial charge on any atom is 0.255 e. The van der Waals surface area contributed by atoms with Gasteiger partial charge >= 0.3 is 0 Å². The highest BCUT2D eigenvalue weighted by molar-refractivity contribution is 5.82. The average molecular weight is 349 g/mol. The quantitative estimate of drug-likeness (QED) is 0.524. The van der Waals surface area contributed by atoms with Crippen LogP contribution in [0.5, 0.6) is 0 Å². The Morgan fingerprint density at radius 1 is 1.23 bits per heavy atom. The van der Waals surface area contributed by atoms with Gasteiger partial charge in [-0.15, -0.1) is 6.58 Å². The van der Waals surface area contributed by atoms with Gasteiger partial charge in [0.2, 0.25) is 0 Å². The van der Waals surface area contributed by atoms with E-state index in [9.17, 15) is 4.79 Å². The van der Waals surface area contributed by atoms with Gasteiger partial charge in [-0.2, -0.15) is 5.10 Å². The molecule has 4 rings (SSSR count). The van der Waals surface area contributed by atoms with E-state index in [1.54, 1.807) is 17.1 Å². The van der Waals surface area contributed by atoms with E-state index in [4.69, 9.17) is 0 Å². The van der Waals surface area contributed by atoms with Crippen molar-refractivity contribution in [2.45, 2.75) is 38.9 Å². The number of rotatable bonds is 7. The second-order valence-electron chi connectivity index (χ2n) is 6.74. The molecule has 0 atom stereocenters. The summed E-state index contributed by atoms with van der Waals surface area (Å²) in [5.41, 5.74) is 4.67. The molecule has 0 radical (unpaired) electrons. The first kappa shape index (κ1) is 16.7. The van der Waals surface area contributed by atoms with E-state index >= 15 is 0 Å². The molecule has 2 aromatic heterocycles. The Morgan fingerprint density at radius 3 is 2.85 bits per heavy atom. The van der Waals surface area contributed by atoms with Gasteiger partial charge in [0.05, 0.1) is 12.1 Å². The van der Waals surface area contributed by atoms with Crippen LogP contribution in [0.1, 0.15) is 23.1 Å². The van der Waals surface area contributed by atoms with E-state index in [2.05, 4.69) is 34.1 Å². The van der Waals surface area contributed by atoms with E-state index in [-0.39, 0.29) is 5.56 Å². The predicted octanol–water partition coefficient (Wildman–Crippen LogP) is 2.06. The van der Waals surface area contributed by atoms with Gasteiger partial charge in [0, 0.05) is 25.2 Å². The summed E-state index contributed by atoms with van der Waals surface area (Å²) >= 11 is 0. The van der Waals surface area contributed by atoms with Crippen LogP contribution >= 0.6 is 0 Å². The maximum absolute atomic E-state index is 12.9. The summed E-state index contributed by atoms with van der Waals surface area (Å²) in [4.78, 5) is 16.9. The third-order valence-corrected chi connectivity index (χ3v) is 4.99. The van der Waals surface area contributed by atoms with Crippen LogP contribution < -0.4 is 10.9 Å². The summed E-state index contributed by atoms with van der Waals surface area (Å²) in [5, 5.41) is 8.56. The minimum Gasteiger partial charge on any atom is -0.311 e. The van der Waals surface area contributed by atoms with Crippen molar-refractivity contribution in [2.24, 2.45) is 0 Å². The molecule has 0 saturated carbocycles. The van der Waals surface area contributed by atoms with E-state index in [0.717, 1.165) is 42.4 Å². The summed E-state index contributed by atoms with van der Waals surface area (Å²) in [5.74, 6) is 0. The van der Waals surface area contributed by atoms with Crippen LogP contribution in [-0.2, 0) is 32.5 Å². The van der Waals surface area contributed by atoms with Crippen LogP contribution in [-0.4, -0.2) is 25.9 Å². The third kappa shape index (κ3) is 3.20. The number of allylic oxidation sites excluding steroid dienone is 1. The molecule has 6 nitrogen and oxygen atoms in total. The predicted molar refractivity (Wildman–Crippen MR) is 102 cm³/mol. The molecule has 1 aliphatic rings. The zero-order valence-corrected chi connectivity index (χ0v) is 14.8. The second kappa shape index (κ2) is 7.25. The molecule has 1 aromatic carbocycles. The van der Waals surface area contributed by atoms with E-state index < -0.39 is 0 Å².